The highest BCUT2D eigenvalue weighted by molar-refractivity contribution is 7.19. The molecule has 0 aliphatic carbocycles. The van der Waals surface area contributed by atoms with Gasteiger partial charge >= 0.3 is 0 Å². The number of aryl methyl sites for hydroxylation is 1. The molecule has 0 saturated heterocycles. The van der Waals surface area contributed by atoms with Crippen molar-refractivity contribution >= 4 is 33.5 Å². The van der Waals surface area contributed by atoms with E-state index in [1.54, 1.807) is 17.4 Å². The van der Waals surface area contributed by atoms with E-state index in [1.807, 2.05) is 42.8 Å². The minimum atomic E-state index is -0.181. The van der Waals surface area contributed by atoms with Crippen LogP contribution in [0.2, 0.25) is 0 Å². The van der Waals surface area contributed by atoms with E-state index in [9.17, 15) is 4.79 Å². The average molecular weight is 313 g/mol. The van der Waals surface area contributed by atoms with E-state index >= 15 is 0 Å². The number of thiazole rings is 1. The van der Waals surface area contributed by atoms with Crippen LogP contribution < -0.4 is 5.32 Å². The fraction of sp³-hybridized carbons (Fsp3) is 0.200. The Morgan fingerprint density at radius 2 is 2.18 bits per heavy atom. The van der Waals surface area contributed by atoms with Crippen LogP contribution in [0.3, 0.4) is 0 Å². The van der Waals surface area contributed by atoms with Crippen LogP contribution in [-0.4, -0.2) is 25.7 Å². The number of para-hydroxylation sites is 1. The highest BCUT2D eigenvalue weighted by atomic mass is 32.1. The second-order valence-electron chi connectivity index (χ2n) is 4.79. The molecular formula is C15H15N5OS. The van der Waals surface area contributed by atoms with Crippen LogP contribution in [-0.2, 0) is 18.4 Å². The minimum Gasteiger partial charge on any atom is -0.345 e. The molecule has 2 aromatic heterocycles. The summed E-state index contributed by atoms with van der Waals surface area (Å²) in [6.45, 7) is 2.21. The zero-order chi connectivity index (χ0) is 15.5. The maximum Gasteiger partial charge on any atom is 0.244 e. The molecule has 7 heteroatoms. The molecule has 3 rings (SSSR count). The van der Waals surface area contributed by atoms with Gasteiger partial charge < -0.3 is 9.88 Å². The Hall–Kier alpha value is -2.54. The number of nitrogens with one attached hydrogen (secondary N) is 1. The Bertz CT molecular complexity index is 816. The minimum absolute atomic E-state index is 0.181. The van der Waals surface area contributed by atoms with Crippen molar-refractivity contribution in [2.24, 2.45) is 7.05 Å². The van der Waals surface area contributed by atoms with Gasteiger partial charge in [-0.1, -0.05) is 12.1 Å². The summed E-state index contributed by atoms with van der Waals surface area (Å²) in [6, 6.07) is 7.90. The summed E-state index contributed by atoms with van der Waals surface area (Å²) in [4.78, 5) is 16.3. The van der Waals surface area contributed by atoms with Gasteiger partial charge in [-0.15, -0.1) is 21.5 Å². The molecule has 1 aromatic carbocycles. The molecule has 6 nitrogen and oxygen atoms in total. The summed E-state index contributed by atoms with van der Waals surface area (Å²) >= 11 is 1.56. The van der Waals surface area contributed by atoms with Crippen molar-refractivity contribution in [2.45, 2.75) is 13.5 Å². The molecular weight excluding hydrogens is 298 g/mol. The third-order valence-electron chi connectivity index (χ3n) is 3.29. The predicted octanol–water partition coefficient (Wildman–Crippen LogP) is 2.06. The Morgan fingerprint density at radius 3 is 2.91 bits per heavy atom. The van der Waals surface area contributed by atoms with Gasteiger partial charge in [0.2, 0.25) is 5.91 Å². The summed E-state index contributed by atoms with van der Waals surface area (Å²) < 4.78 is 2.95. The first-order valence-electron chi connectivity index (χ1n) is 6.80. The quantitative estimate of drug-likeness (QED) is 0.748. The van der Waals surface area contributed by atoms with Crippen molar-refractivity contribution in [1.29, 1.82) is 0 Å². The van der Waals surface area contributed by atoms with Crippen molar-refractivity contribution in [3.63, 3.8) is 0 Å². The average Bonchev–Trinajstić information content (AvgIpc) is 3.07. The molecule has 0 radical (unpaired) electrons. The van der Waals surface area contributed by atoms with Crippen LogP contribution in [0.15, 0.2) is 30.3 Å². The lowest BCUT2D eigenvalue weighted by molar-refractivity contribution is -0.116. The number of amides is 1. The summed E-state index contributed by atoms with van der Waals surface area (Å²) in [5.74, 6) is 1.36. The normalized spacial score (nSPS) is 11.4. The maximum atomic E-state index is 11.8. The van der Waals surface area contributed by atoms with Gasteiger partial charge in [-0.25, -0.2) is 4.98 Å². The van der Waals surface area contributed by atoms with Crippen molar-refractivity contribution in [2.75, 3.05) is 0 Å². The van der Waals surface area contributed by atoms with Gasteiger partial charge in [0, 0.05) is 13.1 Å². The number of benzene rings is 1. The molecule has 0 fully saturated rings. The van der Waals surface area contributed by atoms with Crippen molar-refractivity contribution in [1.82, 2.24) is 25.1 Å². The third kappa shape index (κ3) is 3.04. The summed E-state index contributed by atoms with van der Waals surface area (Å²) in [5, 5.41) is 11.5. The Kier molecular flexibility index (Phi) is 3.97. The highest BCUT2D eigenvalue weighted by Gasteiger charge is 2.06. The maximum absolute atomic E-state index is 11.8. The SMILES string of the molecule is Cc1nnc(CNC(=O)C=Cc2nc3ccccc3s2)n1C. The topological polar surface area (TPSA) is 72.7 Å². The van der Waals surface area contributed by atoms with E-state index < -0.39 is 0 Å². The van der Waals surface area contributed by atoms with Gasteiger partial charge in [-0.2, -0.15) is 0 Å². The van der Waals surface area contributed by atoms with Gasteiger partial charge in [-0.05, 0) is 25.1 Å². The molecule has 22 heavy (non-hydrogen) atoms. The van der Waals surface area contributed by atoms with Crippen molar-refractivity contribution in [3.8, 4) is 0 Å². The molecule has 1 N–H and O–H groups in total. The summed E-state index contributed by atoms with van der Waals surface area (Å²) in [5.41, 5.74) is 0.946. The lowest BCUT2D eigenvalue weighted by atomic mass is 10.3. The van der Waals surface area contributed by atoms with E-state index in [-0.39, 0.29) is 5.91 Å². The fourth-order valence-corrected chi connectivity index (χ4v) is 2.81. The first-order valence-corrected chi connectivity index (χ1v) is 7.61. The Labute approximate surface area is 131 Å². The second kappa shape index (κ2) is 6.07. The number of aromatic nitrogens is 4. The van der Waals surface area contributed by atoms with Gasteiger partial charge in [0.05, 0.1) is 16.8 Å². The molecule has 3 aromatic rings. The monoisotopic (exact) mass is 313 g/mol. The fourth-order valence-electron chi connectivity index (χ4n) is 1.94. The van der Waals surface area contributed by atoms with E-state index in [4.69, 9.17) is 0 Å². The lowest BCUT2D eigenvalue weighted by Gasteiger charge is -2.02. The zero-order valence-electron chi connectivity index (χ0n) is 12.3. The standard InChI is InChI=1S/C15H15N5OS/c1-10-18-19-13(20(10)2)9-16-14(21)7-8-15-17-11-5-3-4-6-12(11)22-15/h3-8H,9H2,1-2H3,(H,16,21). The van der Waals surface area contributed by atoms with Crippen LogP contribution in [0, 0.1) is 6.92 Å². The highest BCUT2D eigenvalue weighted by Crippen LogP contribution is 2.22. The molecule has 0 atom stereocenters. The van der Waals surface area contributed by atoms with Crippen molar-refractivity contribution in [3.05, 3.63) is 47.0 Å². The molecule has 1 amide bonds. The van der Waals surface area contributed by atoms with Crippen LogP contribution >= 0.6 is 11.3 Å². The van der Waals surface area contributed by atoms with Gasteiger partial charge in [0.1, 0.15) is 10.8 Å². The Balaban J connectivity index is 1.62. The van der Waals surface area contributed by atoms with E-state index in [0.717, 1.165) is 26.9 Å². The van der Waals surface area contributed by atoms with E-state index in [1.165, 1.54) is 6.08 Å². The molecule has 0 saturated carbocycles. The first kappa shape index (κ1) is 14.4. The van der Waals surface area contributed by atoms with Gasteiger partial charge in [0.15, 0.2) is 5.82 Å². The summed E-state index contributed by atoms with van der Waals surface area (Å²) in [6.07, 6.45) is 3.21. The van der Waals surface area contributed by atoms with Crippen LogP contribution in [0.1, 0.15) is 16.7 Å². The number of nitrogens with zero attached hydrogens (tertiary/aromatic N) is 4. The smallest absolute Gasteiger partial charge is 0.244 e. The van der Waals surface area contributed by atoms with Gasteiger partial charge in [0.25, 0.3) is 0 Å². The number of carbonyl (C=O) groups is 1. The van der Waals surface area contributed by atoms with E-state index in [2.05, 4.69) is 20.5 Å². The second-order valence-corrected chi connectivity index (χ2v) is 5.86. The molecule has 0 unspecified atom stereocenters. The molecule has 112 valence electrons. The van der Waals surface area contributed by atoms with E-state index in [0.29, 0.717) is 6.54 Å². The molecule has 2 heterocycles. The molecule has 0 aliphatic rings. The molecule has 0 spiro atoms. The number of hydrogen-bond donors (Lipinski definition) is 1. The number of rotatable bonds is 4. The number of fused-ring (bicyclic) bond motifs is 1. The van der Waals surface area contributed by atoms with Gasteiger partial charge in [-0.3, -0.25) is 4.79 Å². The van der Waals surface area contributed by atoms with Crippen LogP contribution in [0.5, 0.6) is 0 Å². The largest absolute Gasteiger partial charge is 0.345 e. The first-order chi connectivity index (χ1) is 10.6. The lowest BCUT2D eigenvalue weighted by Crippen LogP contribution is -2.22. The predicted molar refractivity (Wildman–Crippen MR) is 86.2 cm³/mol. The molecule has 0 aliphatic heterocycles. The molecule has 0 bridgehead atoms. The number of carbonyl (C=O) groups excluding carboxylic acids is 1. The van der Waals surface area contributed by atoms with Crippen molar-refractivity contribution < 1.29 is 4.79 Å². The zero-order valence-corrected chi connectivity index (χ0v) is 13.1. The summed E-state index contributed by atoms with van der Waals surface area (Å²) in [7, 11) is 1.87. The number of hydrogen-bond acceptors (Lipinski definition) is 5. The Morgan fingerprint density at radius 1 is 1.36 bits per heavy atom. The third-order valence-corrected chi connectivity index (χ3v) is 4.29. The van der Waals surface area contributed by atoms with Crippen LogP contribution in [0.25, 0.3) is 16.3 Å². The van der Waals surface area contributed by atoms with Crippen LogP contribution in [0.4, 0.5) is 0 Å².